The molecular weight excluding hydrogens is 228 g/mol. The second kappa shape index (κ2) is 5.99. The fraction of sp³-hybridized carbons (Fsp3) is 0.286. The highest BCUT2D eigenvalue weighted by molar-refractivity contribution is 5.91. The van der Waals surface area contributed by atoms with Gasteiger partial charge in [-0.25, -0.2) is 0 Å². The normalized spacial score (nSPS) is 15.6. The molecule has 1 aliphatic heterocycles. The maximum Gasteiger partial charge on any atom is 0.246 e. The molecule has 1 heterocycles. The molecule has 0 spiro atoms. The first-order valence-electron chi connectivity index (χ1n) is 5.84. The summed E-state index contributed by atoms with van der Waals surface area (Å²) >= 11 is 0. The second-order valence-electron chi connectivity index (χ2n) is 4.00. The van der Waals surface area contributed by atoms with E-state index in [-0.39, 0.29) is 5.91 Å². The lowest BCUT2D eigenvalue weighted by Crippen LogP contribution is -2.39. The molecule has 2 rings (SSSR count). The molecule has 1 saturated heterocycles. The van der Waals surface area contributed by atoms with Crippen LogP contribution in [0.2, 0.25) is 0 Å². The van der Waals surface area contributed by atoms with E-state index in [4.69, 9.17) is 10.00 Å². The van der Waals surface area contributed by atoms with Crippen molar-refractivity contribution in [3.63, 3.8) is 0 Å². The first kappa shape index (κ1) is 12.3. The molecule has 0 saturated carbocycles. The van der Waals surface area contributed by atoms with Crippen LogP contribution in [-0.2, 0) is 9.53 Å². The van der Waals surface area contributed by atoms with Gasteiger partial charge in [0.1, 0.15) is 0 Å². The van der Waals surface area contributed by atoms with Crippen molar-refractivity contribution in [1.29, 1.82) is 5.26 Å². The molecule has 1 aromatic rings. The number of morpholine rings is 1. The fourth-order valence-electron chi connectivity index (χ4n) is 1.73. The van der Waals surface area contributed by atoms with Crippen LogP contribution in [0.5, 0.6) is 0 Å². The Bertz CT molecular complexity index is 480. The molecule has 92 valence electrons. The van der Waals surface area contributed by atoms with E-state index in [1.807, 2.05) is 12.1 Å². The number of rotatable bonds is 2. The average molecular weight is 242 g/mol. The quantitative estimate of drug-likeness (QED) is 0.737. The average Bonchev–Trinajstić information content (AvgIpc) is 2.46. The Hall–Kier alpha value is -2.12. The SMILES string of the molecule is N#Cc1ccc(/C=C/C(=O)N2CCOCC2)cc1. The minimum atomic E-state index is 0.00246. The number of nitrogens with zero attached hydrogens (tertiary/aromatic N) is 2. The van der Waals surface area contributed by atoms with Crippen LogP contribution in [0, 0.1) is 11.3 Å². The lowest BCUT2D eigenvalue weighted by molar-refractivity contribution is -0.129. The van der Waals surface area contributed by atoms with Crippen LogP contribution in [0.1, 0.15) is 11.1 Å². The lowest BCUT2D eigenvalue weighted by Gasteiger charge is -2.25. The Morgan fingerprint density at radius 1 is 1.28 bits per heavy atom. The van der Waals surface area contributed by atoms with Crippen LogP contribution in [-0.4, -0.2) is 37.1 Å². The summed E-state index contributed by atoms with van der Waals surface area (Å²) in [5.74, 6) is 0.00246. The van der Waals surface area contributed by atoms with Gasteiger partial charge in [0.15, 0.2) is 0 Å². The Balaban J connectivity index is 1.96. The van der Waals surface area contributed by atoms with Crippen LogP contribution in [0.4, 0.5) is 0 Å². The van der Waals surface area contributed by atoms with Gasteiger partial charge < -0.3 is 9.64 Å². The van der Waals surface area contributed by atoms with E-state index >= 15 is 0 Å². The molecule has 1 aliphatic rings. The van der Waals surface area contributed by atoms with Gasteiger partial charge in [0.05, 0.1) is 24.8 Å². The molecule has 0 aromatic heterocycles. The zero-order valence-corrected chi connectivity index (χ0v) is 10.0. The number of hydrogen-bond acceptors (Lipinski definition) is 3. The number of amides is 1. The van der Waals surface area contributed by atoms with Crippen molar-refractivity contribution in [3.8, 4) is 6.07 Å². The molecular formula is C14H14N2O2. The molecule has 1 amide bonds. The number of carbonyl (C=O) groups excluding carboxylic acids is 1. The molecule has 0 N–H and O–H groups in total. The Morgan fingerprint density at radius 3 is 2.56 bits per heavy atom. The van der Waals surface area contributed by atoms with Crippen molar-refractivity contribution in [3.05, 3.63) is 41.5 Å². The molecule has 0 bridgehead atoms. The molecule has 4 nitrogen and oxygen atoms in total. The van der Waals surface area contributed by atoms with Crippen LogP contribution < -0.4 is 0 Å². The summed E-state index contributed by atoms with van der Waals surface area (Å²) in [5, 5.41) is 8.68. The maximum atomic E-state index is 11.8. The standard InChI is InChI=1S/C14H14N2O2/c15-11-13-3-1-12(2-4-13)5-6-14(17)16-7-9-18-10-8-16/h1-6H,7-10H2/b6-5+. The second-order valence-corrected chi connectivity index (χ2v) is 4.00. The summed E-state index contributed by atoms with van der Waals surface area (Å²) in [5.41, 5.74) is 1.53. The zero-order valence-electron chi connectivity index (χ0n) is 10.0. The van der Waals surface area contributed by atoms with Crippen LogP contribution in [0.3, 0.4) is 0 Å². The maximum absolute atomic E-state index is 11.8. The number of ether oxygens (including phenoxy) is 1. The zero-order chi connectivity index (χ0) is 12.8. The largest absolute Gasteiger partial charge is 0.378 e. The van der Waals surface area contributed by atoms with Crippen molar-refractivity contribution in [2.45, 2.75) is 0 Å². The third-order valence-electron chi connectivity index (χ3n) is 2.78. The van der Waals surface area contributed by atoms with Gasteiger partial charge in [-0.15, -0.1) is 0 Å². The molecule has 1 aromatic carbocycles. The van der Waals surface area contributed by atoms with Gasteiger partial charge in [0.25, 0.3) is 0 Å². The smallest absolute Gasteiger partial charge is 0.246 e. The van der Waals surface area contributed by atoms with Gasteiger partial charge in [0, 0.05) is 19.2 Å². The molecule has 0 atom stereocenters. The number of benzene rings is 1. The van der Waals surface area contributed by atoms with Crippen molar-refractivity contribution in [2.24, 2.45) is 0 Å². The highest BCUT2D eigenvalue weighted by Crippen LogP contribution is 2.06. The van der Waals surface area contributed by atoms with Crippen molar-refractivity contribution < 1.29 is 9.53 Å². The molecule has 0 unspecified atom stereocenters. The predicted molar refractivity (Wildman–Crippen MR) is 67.6 cm³/mol. The Kier molecular flexibility index (Phi) is 4.11. The van der Waals surface area contributed by atoms with Crippen molar-refractivity contribution >= 4 is 12.0 Å². The third-order valence-corrected chi connectivity index (χ3v) is 2.78. The summed E-state index contributed by atoms with van der Waals surface area (Å²) in [4.78, 5) is 13.6. The van der Waals surface area contributed by atoms with Gasteiger partial charge in [0.2, 0.25) is 5.91 Å². The van der Waals surface area contributed by atoms with Gasteiger partial charge in [-0.1, -0.05) is 12.1 Å². The highest BCUT2D eigenvalue weighted by Gasteiger charge is 2.13. The van der Waals surface area contributed by atoms with Gasteiger partial charge in [-0.05, 0) is 23.8 Å². The highest BCUT2D eigenvalue weighted by atomic mass is 16.5. The topological polar surface area (TPSA) is 53.3 Å². The molecule has 1 fully saturated rings. The third kappa shape index (κ3) is 3.19. The van der Waals surface area contributed by atoms with E-state index in [0.717, 1.165) is 5.56 Å². The number of carbonyl (C=O) groups is 1. The summed E-state index contributed by atoms with van der Waals surface area (Å²) in [7, 11) is 0. The summed E-state index contributed by atoms with van der Waals surface area (Å²) in [6.45, 7) is 2.51. The van der Waals surface area contributed by atoms with E-state index < -0.39 is 0 Å². The Morgan fingerprint density at radius 2 is 1.94 bits per heavy atom. The summed E-state index contributed by atoms with van der Waals surface area (Å²) in [6.07, 6.45) is 3.33. The lowest BCUT2D eigenvalue weighted by atomic mass is 10.1. The first-order chi connectivity index (χ1) is 8.79. The molecule has 4 heteroatoms. The summed E-state index contributed by atoms with van der Waals surface area (Å²) in [6, 6.07) is 9.17. The van der Waals surface area contributed by atoms with Gasteiger partial charge in [-0.2, -0.15) is 5.26 Å². The summed E-state index contributed by atoms with van der Waals surface area (Å²) < 4.78 is 5.19. The minimum absolute atomic E-state index is 0.00246. The molecule has 18 heavy (non-hydrogen) atoms. The van der Waals surface area contributed by atoms with Crippen LogP contribution in [0.15, 0.2) is 30.3 Å². The van der Waals surface area contributed by atoms with Crippen LogP contribution in [0.25, 0.3) is 6.08 Å². The Labute approximate surface area is 106 Å². The van der Waals surface area contributed by atoms with E-state index in [9.17, 15) is 4.79 Å². The fourth-order valence-corrected chi connectivity index (χ4v) is 1.73. The van der Waals surface area contributed by atoms with Gasteiger partial charge >= 0.3 is 0 Å². The molecule has 0 radical (unpaired) electrons. The van der Waals surface area contributed by atoms with Gasteiger partial charge in [-0.3, -0.25) is 4.79 Å². The van der Waals surface area contributed by atoms with Crippen molar-refractivity contribution in [2.75, 3.05) is 26.3 Å². The van der Waals surface area contributed by atoms with E-state index in [1.165, 1.54) is 0 Å². The number of hydrogen-bond donors (Lipinski definition) is 0. The molecule has 0 aliphatic carbocycles. The predicted octanol–water partition coefficient (Wildman–Crippen LogP) is 1.43. The van der Waals surface area contributed by atoms with E-state index in [1.54, 1.807) is 29.2 Å². The van der Waals surface area contributed by atoms with E-state index in [2.05, 4.69) is 6.07 Å². The van der Waals surface area contributed by atoms with E-state index in [0.29, 0.717) is 31.9 Å². The first-order valence-corrected chi connectivity index (χ1v) is 5.84. The van der Waals surface area contributed by atoms with Crippen molar-refractivity contribution in [1.82, 2.24) is 4.90 Å². The van der Waals surface area contributed by atoms with Crippen LogP contribution >= 0.6 is 0 Å². The monoisotopic (exact) mass is 242 g/mol. The minimum Gasteiger partial charge on any atom is -0.378 e. The number of nitriles is 1.